The van der Waals surface area contributed by atoms with Gasteiger partial charge in [-0.25, -0.2) is 28.6 Å². The minimum atomic E-state index is -5.57. The number of fused-ring (bicyclic) bond motifs is 1. The highest BCUT2D eigenvalue weighted by Gasteiger charge is 2.50. The number of nitrogens with one attached hydrogen (secondary N) is 2. The van der Waals surface area contributed by atoms with Gasteiger partial charge in [0.25, 0.3) is 0 Å². The molecule has 0 saturated carbocycles. The van der Waals surface area contributed by atoms with Crippen LogP contribution in [0, 0.1) is 23.2 Å². The zero-order valence-corrected chi connectivity index (χ0v) is 39.5. The van der Waals surface area contributed by atoms with Crippen LogP contribution in [0.4, 0.5) is 5.82 Å². The van der Waals surface area contributed by atoms with Gasteiger partial charge in [0.2, 0.25) is 11.8 Å². The van der Waals surface area contributed by atoms with E-state index in [1.54, 1.807) is 0 Å². The van der Waals surface area contributed by atoms with Crippen molar-refractivity contribution in [2.45, 2.75) is 117 Å². The van der Waals surface area contributed by atoms with Gasteiger partial charge in [-0.2, -0.15) is 4.31 Å². The second-order valence-electron chi connectivity index (χ2n) is 16.5. The average Bonchev–Trinajstić information content (AvgIpc) is 3.74. The third-order valence-corrected chi connectivity index (χ3v) is 14.2. The molecule has 9 atom stereocenters. The second-order valence-corrected chi connectivity index (χ2v) is 21.8. The van der Waals surface area contributed by atoms with Crippen molar-refractivity contribution in [1.82, 2.24) is 30.2 Å². The van der Waals surface area contributed by atoms with Crippen LogP contribution in [0.2, 0.25) is 0 Å². The van der Waals surface area contributed by atoms with Crippen LogP contribution in [0.5, 0.6) is 0 Å². The molecule has 2 aromatic heterocycles. The Labute approximate surface area is 369 Å². The van der Waals surface area contributed by atoms with Crippen molar-refractivity contribution in [3.63, 3.8) is 0 Å². The first-order valence-electron chi connectivity index (χ1n) is 20.3. The van der Waals surface area contributed by atoms with E-state index in [4.69, 9.17) is 19.5 Å². The van der Waals surface area contributed by atoms with E-state index in [9.17, 15) is 57.9 Å². The summed E-state index contributed by atoms with van der Waals surface area (Å²) in [5.74, 6) is 0.193. The summed E-state index contributed by atoms with van der Waals surface area (Å²) in [5, 5.41) is 26.7. The number of ether oxygens (including phenoxy) is 1. The minimum absolute atomic E-state index is 0.0325. The number of nitrogens with zero attached hydrogens (tertiary/aromatic N) is 4. The molecule has 1 aliphatic heterocycles. The number of imidazole rings is 1. The molecule has 2 aromatic rings. The topological polar surface area (TPSA) is 364 Å². The lowest BCUT2D eigenvalue weighted by Crippen LogP contribution is -2.46. The predicted molar refractivity (Wildman–Crippen MR) is 228 cm³/mol. The van der Waals surface area contributed by atoms with Crippen molar-refractivity contribution in [3.8, 4) is 0 Å². The van der Waals surface area contributed by atoms with Gasteiger partial charge in [0.05, 0.1) is 19.5 Å². The van der Waals surface area contributed by atoms with Gasteiger partial charge in [-0.05, 0) is 18.3 Å². The first kappa shape index (κ1) is 54.9. The van der Waals surface area contributed by atoms with Crippen molar-refractivity contribution in [1.29, 1.82) is 0 Å². The quantitative estimate of drug-likeness (QED) is 0.0437. The second kappa shape index (κ2) is 24.4. The van der Waals surface area contributed by atoms with E-state index in [1.165, 1.54) is 33.1 Å². The summed E-state index contributed by atoms with van der Waals surface area (Å²) in [6.07, 6.45) is -0.380. The summed E-state index contributed by atoms with van der Waals surface area (Å²) in [4.78, 5) is 88.6. The summed E-state index contributed by atoms with van der Waals surface area (Å²) in [7, 11) is -16.4. The third kappa shape index (κ3) is 18.4. The monoisotopic (exact) mass is 977 g/mol. The highest BCUT2D eigenvalue weighted by Crippen LogP contribution is 2.61. The number of phosphoric acid groups is 3. The molecule has 0 aliphatic carbocycles. The normalized spacial score (nSPS) is 21.7. The molecule has 3 heterocycles. The largest absolute Gasteiger partial charge is 0.481 e. The van der Waals surface area contributed by atoms with Crippen molar-refractivity contribution in [2.75, 3.05) is 37.8 Å². The van der Waals surface area contributed by atoms with Crippen molar-refractivity contribution in [2.24, 2.45) is 23.2 Å². The number of aliphatic hydroxyl groups is 2. The maximum Gasteiger partial charge on any atom is 0.481 e. The number of carbonyl (C=O) groups is 3. The standard InChI is InChI=1S/C35H62N7O17P3S/c1-21(2)9-7-10-22(3)11-8-12-23(4)34(47)63-16-15-37-25(43)13-14-38-32(46)29(45)35(5,6)18-56-62(53,54)59-61(51,52)55-17-24-28(58-60(48,49)50)27(44)33(57-24)42-20-41-26-30(36)39-19-40-31(26)42/h19-24,27-29,33,44-45H,7-18H2,1-6H3,(H,37,43)(H,38,46)(H,51,52)(H,53,54)(H2,36,39,40)(H2,48,49,50)/t22-,23-,24+,27-,28-,29?,33+/m0/s1. The highest BCUT2D eigenvalue weighted by atomic mass is 32.2. The summed E-state index contributed by atoms with van der Waals surface area (Å²) in [6, 6.07) is 0. The van der Waals surface area contributed by atoms with E-state index < -0.39 is 84.6 Å². The Kier molecular flexibility index (Phi) is 21.2. The van der Waals surface area contributed by atoms with E-state index in [0.717, 1.165) is 48.2 Å². The first-order chi connectivity index (χ1) is 29.2. The first-order valence-corrected chi connectivity index (χ1v) is 25.8. The Hall–Kier alpha value is -2.44. The number of aliphatic hydroxyl groups excluding tert-OH is 2. The van der Waals surface area contributed by atoms with Gasteiger partial charge in [-0.15, -0.1) is 0 Å². The molecule has 28 heteroatoms. The number of rotatable bonds is 28. The minimum Gasteiger partial charge on any atom is -0.386 e. The fraction of sp³-hybridized carbons (Fsp3) is 0.771. The van der Waals surface area contributed by atoms with Crippen molar-refractivity contribution >= 4 is 69.1 Å². The molecular formula is C35H62N7O17P3S. The summed E-state index contributed by atoms with van der Waals surface area (Å²) in [6.45, 7) is 9.16. The van der Waals surface area contributed by atoms with Crippen LogP contribution in [-0.4, -0.2) is 123 Å². The predicted octanol–water partition coefficient (Wildman–Crippen LogP) is 2.93. The van der Waals surface area contributed by atoms with Gasteiger partial charge in [0, 0.05) is 36.6 Å². The number of hydrogen-bond acceptors (Lipinski definition) is 18. The Bertz CT molecular complexity index is 1970. The van der Waals surface area contributed by atoms with Crippen LogP contribution in [-0.2, 0) is 50.7 Å². The van der Waals surface area contributed by atoms with Crippen LogP contribution in [0.15, 0.2) is 12.7 Å². The number of carbonyl (C=O) groups excluding carboxylic acids is 3. The summed E-state index contributed by atoms with van der Waals surface area (Å²) < 4.78 is 62.4. The molecule has 0 radical (unpaired) electrons. The molecule has 10 N–H and O–H groups in total. The zero-order valence-electron chi connectivity index (χ0n) is 36.0. The Morgan fingerprint density at radius 1 is 0.952 bits per heavy atom. The van der Waals surface area contributed by atoms with Crippen LogP contribution < -0.4 is 16.4 Å². The molecule has 360 valence electrons. The van der Waals surface area contributed by atoms with Crippen LogP contribution in [0.3, 0.4) is 0 Å². The number of hydrogen-bond donors (Lipinski definition) is 9. The molecule has 3 unspecified atom stereocenters. The summed E-state index contributed by atoms with van der Waals surface area (Å²) in [5.41, 5.74) is 4.28. The van der Waals surface area contributed by atoms with Gasteiger partial charge < -0.3 is 50.9 Å². The van der Waals surface area contributed by atoms with Gasteiger partial charge in [-0.3, -0.25) is 32.5 Å². The zero-order chi connectivity index (χ0) is 47.3. The van der Waals surface area contributed by atoms with E-state index in [1.807, 2.05) is 6.92 Å². The lowest BCUT2D eigenvalue weighted by atomic mass is 9.87. The SMILES string of the molecule is CC(C)CCC[C@H](C)CCC[C@H](C)C(=O)SCCNC(=O)CCNC(=O)C(O)C(C)(C)COP(=O)(O)OP(=O)(O)OC[C@H]1O[C@@H](n2cnc3c(N)ncnc32)[C@@H](O)[C@H]1OP(=O)(O)O. The Balaban J connectivity index is 1.40. The molecule has 1 fully saturated rings. The van der Waals surface area contributed by atoms with Crippen LogP contribution >= 0.6 is 35.2 Å². The van der Waals surface area contributed by atoms with Crippen molar-refractivity contribution in [3.05, 3.63) is 12.7 Å². The number of aromatic nitrogens is 4. The number of thioether (sulfide) groups is 1. The van der Waals surface area contributed by atoms with Crippen LogP contribution in [0.25, 0.3) is 11.2 Å². The average molecular weight is 978 g/mol. The number of anilines is 1. The number of phosphoric ester groups is 3. The van der Waals surface area contributed by atoms with Gasteiger partial charge in [-0.1, -0.05) is 85.4 Å². The van der Waals surface area contributed by atoms with E-state index >= 15 is 0 Å². The highest BCUT2D eigenvalue weighted by molar-refractivity contribution is 8.13. The Morgan fingerprint density at radius 3 is 2.25 bits per heavy atom. The smallest absolute Gasteiger partial charge is 0.386 e. The van der Waals surface area contributed by atoms with Gasteiger partial charge >= 0.3 is 23.5 Å². The maximum atomic E-state index is 12.7. The molecule has 3 rings (SSSR count). The van der Waals surface area contributed by atoms with Gasteiger partial charge in [0.15, 0.2) is 22.8 Å². The number of nitrogen functional groups attached to an aromatic ring is 1. The molecule has 0 spiro atoms. The number of amides is 2. The van der Waals surface area contributed by atoms with Crippen LogP contribution in [0.1, 0.15) is 92.7 Å². The molecule has 63 heavy (non-hydrogen) atoms. The molecule has 0 bridgehead atoms. The molecule has 1 aliphatic rings. The fourth-order valence-corrected chi connectivity index (χ4v) is 9.97. The maximum absolute atomic E-state index is 12.7. The fourth-order valence-electron chi connectivity index (χ4n) is 6.33. The lowest BCUT2D eigenvalue weighted by Gasteiger charge is -2.30. The molecule has 1 saturated heterocycles. The molecule has 0 aromatic carbocycles. The lowest BCUT2D eigenvalue weighted by molar-refractivity contribution is -0.137. The van der Waals surface area contributed by atoms with E-state index in [0.29, 0.717) is 17.6 Å². The molecule has 24 nitrogen and oxygen atoms in total. The Morgan fingerprint density at radius 2 is 1.60 bits per heavy atom. The number of nitrogens with two attached hydrogens (primary N) is 1. The van der Waals surface area contributed by atoms with Crippen molar-refractivity contribution < 1.29 is 80.5 Å². The van der Waals surface area contributed by atoms with E-state index in [2.05, 4.69) is 55.2 Å². The summed E-state index contributed by atoms with van der Waals surface area (Å²) >= 11 is 1.15. The molecule has 2 amide bonds. The van der Waals surface area contributed by atoms with Gasteiger partial charge in [0.1, 0.15) is 36.3 Å². The van der Waals surface area contributed by atoms with E-state index in [-0.39, 0.29) is 47.5 Å². The third-order valence-electron chi connectivity index (χ3n) is 9.96. The molecular weight excluding hydrogens is 915 g/mol.